The number of rotatable bonds is 10. The minimum absolute atomic E-state index is 0.0575. The molecule has 178 valence electrons. The van der Waals surface area contributed by atoms with Gasteiger partial charge in [-0.1, -0.05) is 55.0 Å². The van der Waals surface area contributed by atoms with Crippen molar-refractivity contribution in [3.63, 3.8) is 0 Å². The van der Waals surface area contributed by atoms with E-state index in [1.807, 2.05) is 13.8 Å². The Balaban J connectivity index is 1.52. The Morgan fingerprint density at radius 3 is 2.47 bits per heavy atom. The molecule has 3 N–H and O–H groups in total. The van der Waals surface area contributed by atoms with E-state index in [1.54, 1.807) is 48.5 Å². The second kappa shape index (κ2) is 12.2. The largest absolute Gasteiger partial charge is 0.352 e. The number of carbonyl (C=O) groups is 3. The molecule has 0 atom stereocenters. The van der Waals surface area contributed by atoms with E-state index in [-0.39, 0.29) is 23.6 Å². The Hall–Kier alpha value is -3.30. The highest BCUT2D eigenvalue weighted by molar-refractivity contribution is 7.15. The number of nitrogens with zero attached hydrogens (tertiary/aromatic N) is 2. The summed E-state index contributed by atoms with van der Waals surface area (Å²) in [5, 5.41) is 17.9. The first-order chi connectivity index (χ1) is 16.4. The van der Waals surface area contributed by atoms with Crippen molar-refractivity contribution < 1.29 is 14.4 Å². The van der Waals surface area contributed by atoms with Crippen molar-refractivity contribution in [2.45, 2.75) is 33.1 Å². The highest BCUT2D eigenvalue weighted by Crippen LogP contribution is 2.19. The van der Waals surface area contributed by atoms with Gasteiger partial charge < -0.3 is 10.6 Å². The molecule has 3 aromatic rings. The molecule has 34 heavy (non-hydrogen) atoms. The minimum Gasteiger partial charge on any atom is -0.352 e. The summed E-state index contributed by atoms with van der Waals surface area (Å²) >= 11 is 7.27. The van der Waals surface area contributed by atoms with Crippen molar-refractivity contribution in [1.29, 1.82) is 0 Å². The van der Waals surface area contributed by atoms with E-state index >= 15 is 0 Å². The molecule has 3 amide bonds. The topological polar surface area (TPSA) is 113 Å². The molecule has 3 rings (SSSR count). The van der Waals surface area contributed by atoms with Crippen molar-refractivity contribution in [1.82, 2.24) is 15.5 Å². The summed E-state index contributed by atoms with van der Waals surface area (Å²) in [5.41, 5.74) is 1.37. The molecule has 0 saturated heterocycles. The summed E-state index contributed by atoms with van der Waals surface area (Å²) < 4.78 is 0. The molecule has 10 heteroatoms. The molecular formula is C24H26ClN5O3S. The van der Waals surface area contributed by atoms with E-state index in [0.717, 1.165) is 12.8 Å². The standard InChI is InChI=1S/C24H26ClN5O3S/c1-3-15(4-2)21(31)27-17-9-7-8-16(14-17)22(32)28-24-30-29-20(34-24)12-13-26-23(33)18-10-5-6-11-19(18)25/h5-11,14-15H,3-4,12-13H2,1-2H3,(H,26,33)(H,27,31)(H,28,30,32). The van der Waals surface area contributed by atoms with Gasteiger partial charge in [0.05, 0.1) is 10.6 Å². The quantitative estimate of drug-likeness (QED) is 0.371. The van der Waals surface area contributed by atoms with Crippen LogP contribution in [-0.2, 0) is 11.2 Å². The van der Waals surface area contributed by atoms with E-state index in [0.29, 0.717) is 44.9 Å². The lowest BCUT2D eigenvalue weighted by molar-refractivity contribution is -0.120. The van der Waals surface area contributed by atoms with Crippen molar-refractivity contribution in [2.24, 2.45) is 5.92 Å². The van der Waals surface area contributed by atoms with Crippen molar-refractivity contribution in [2.75, 3.05) is 17.2 Å². The van der Waals surface area contributed by atoms with Crippen molar-refractivity contribution in [3.8, 4) is 0 Å². The first-order valence-corrected chi connectivity index (χ1v) is 12.2. The molecular weight excluding hydrogens is 474 g/mol. The average Bonchev–Trinajstić information content (AvgIpc) is 3.27. The number of anilines is 2. The summed E-state index contributed by atoms with van der Waals surface area (Å²) in [6, 6.07) is 13.6. The lowest BCUT2D eigenvalue weighted by Gasteiger charge is -2.13. The number of hydrogen-bond acceptors (Lipinski definition) is 6. The minimum atomic E-state index is -0.353. The zero-order valence-electron chi connectivity index (χ0n) is 18.9. The molecule has 0 spiro atoms. The lowest BCUT2D eigenvalue weighted by Crippen LogP contribution is -2.25. The maximum absolute atomic E-state index is 12.6. The van der Waals surface area contributed by atoms with Gasteiger partial charge in [0.1, 0.15) is 5.01 Å². The molecule has 0 fully saturated rings. The number of nitrogens with one attached hydrogen (secondary N) is 3. The highest BCUT2D eigenvalue weighted by Gasteiger charge is 2.16. The zero-order chi connectivity index (χ0) is 24.5. The van der Waals surface area contributed by atoms with Crippen LogP contribution in [0.2, 0.25) is 5.02 Å². The van der Waals surface area contributed by atoms with E-state index in [1.165, 1.54) is 11.3 Å². The predicted molar refractivity (Wildman–Crippen MR) is 134 cm³/mol. The molecule has 0 bridgehead atoms. The van der Waals surface area contributed by atoms with Gasteiger partial charge in [0, 0.05) is 30.1 Å². The number of amides is 3. The van der Waals surface area contributed by atoms with Crippen LogP contribution in [0.15, 0.2) is 48.5 Å². The summed E-state index contributed by atoms with van der Waals surface area (Å²) in [4.78, 5) is 37.2. The zero-order valence-corrected chi connectivity index (χ0v) is 20.5. The Labute approximate surface area is 207 Å². The van der Waals surface area contributed by atoms with Crippen LogP contribution in [0.3, 0.4) is 0 Å². The molecule has 0 radical (unpaired) electrons. The van der Waals surface area contributed by atoms with Gasteiger partial charge in [0.25, 0.3) is 11.8 Å². The molecule has 0 aliphatic heterocycles. The molecule has 8 nitrogen and oxygen atoms in total. The molecule has 2 aromatic carbocycles. The molecule has 0 aliphatic rings. The summed E-state index contributed by atoms with van der Waals surface area (Å²) in [7, 11) is 0. The molecule has 0 aliphatic carbocycles. The van der Waals surface area contributed by atoms with E-state index in [2.05, 4.69) is 26.1 Å². The third-order valence-corrected chi connectivity index (χ3v) is 6.41. The number of halogens is 1. The average molecular weight is 500 g/mol. The predicted octanol–water partition coefficient (Wildman–Crippen LogP) is 4.79. The van der Waals surface area contributed by atoms with Crippen LogP contribution in [0.25, 0.3) is 0 Å². The second-order valence-corrected chi connectivity index (χ2v) is 8.99. The third kappa shape index (κ3) is 6.85. The van der Waals surface area contributed by atoms with Crippen LogP contribution in [-0.4, -0.2) is 34.5 Å². The summed E-state index contributed by atoms with van der Waals surface area (Å²) in [6.07, 6.45) is 1.97. The second-order valence-electron chi connectivity index (χ2n) is 7.52. The van der Waals surface area contributed by atoms with E-state index in [9.17, 15) is 14.4 Å². The molecule has 0 saturated carbocycles. The van der Waals surface area contributed by atoms with Gasteiger partial charge in [-0.2, -0.15) is 0 Å². The Bertz CT molecular complexity index is 1160. The monoisotopic (exact) mass is 499 g/mol. The lowest BCUT2D eigenvalue weighted by atomic mass is 10.0. The van der Waals surface area contributed by atoms with Crippen LogP contribution in [0, 0.1) is 5.92 Å². The van der Waals surface area contributed by atoms with Gasteiger partial charge in [0.15, 0.2) is 0 Å². The van der Waals surface area contributed by atoms with E-state index in [4.69, 9.17) is 11.6 Å². The van der Waals surface area contributed by atoms with Gasteiger partial charge in [-0.3, -0.25) is 19.7 Å². The fourth-order valence-corrected chi connectivity index (χ4v) is 4.20. The van der Waals surface area contributed by atoms with Gasteiger partial charge in [-0.15, -0.1) is 10.2 Å². The van der Waals surface area contributed by atoms with Gasteiger partial charge in [-0.25, -0.2) is 0 Å². The van der Waals surface area contributed by atoms with Crippen LogP contribution in [0.4, 0.5) is 10.8 Å². The number of benzene rings is 2. The first-order valence-electron chi connectivity index (χ1n) is 11.0. The van der Waals surface area contributed by atoms with Gasteiger partial charge >= 0.3 is 0 Å². The van der Waals surface area contributed by atoms with Crippen LogP contribution < -0.4 is 16.0 Å². The third-order valence-electron chi connectivity index (χ3n) is 5.18. The summed E-state index contributed by atoms with van der Waals surface area (Å²) in [6.45, 7) is 4.30. The van der Waals surface area contributed by atoms with Gasteiger partial charge in [0.2, 0.25) is 11.0 Å². The van der Waals surface area contributed by atoms with E-state index < -0.39 is 0 Å². The van der Waals surface area contributed by atoms with Crippen LogP contribution in [0.1, 0.15) is 52.4 Å². The highest BCUT2D eigenvalue weighted by atomic mass is 35.5. The maximum atomic E-state index is 12.6. The Morgan fingerprint density at radius 1 is 0.971 bits per heavy atom. The Morgan fingerprint density at radius 2 is 1.74 bits per heavy atom. The maximum Gasteiger partial charge on any atom is 0.257 e. The van der Waals surface area contributed by atoms with Crippen LogP contribution in [0.5, 0.6) is 0 Å². The molecule has 1 heterocycles. The van der Waals surface area contributed by atoms with Crippen molar-refractivity contribution >= 4 is 51.5 Å². The normalized spacial score (nSPS) is 10.7. The number of aromatic nitrogens is 2. The summed E-state index contributed by atoms with van der Waals surface area (Å²) in [5.74, 6) is -0.738. The smallest absolute Gasteiger partial charge is 0.257 e. The Kier molecular flexibility index (Phi) is 9.12. The van der Waals surface area contributed by atoms with Gasteiger partial charge in [-0.05, 0) is 43.2 Å². The SMILES string of the molecule is CCC(CC)C(=O)Nc1cccc(C(=O)Nc2nnc(CCNC(=O)c3ccccc3Cl)s2)c1. The van der Waals surface area contributed by atoms with Crippen molar-refractivity contribution in [3.05, 3.63) is 69.7 Å². The fraction of sp³-hybridized carbons (Fsp3) is 0.292. The van der Waals surface area contributed by atoms with Crippen LogP contribution >= 0.6 is 22.9 Å². The number of hydrogen-bond donors (Lipinski definition) is 3. The first kappa shape index (κ1) is 25.3. The fourth-order valence-electron chi connectivity index (χ4n) is 3.24. The molecule has 1 aromatic heterocycles. The molecule has 0 unspecified atom stereocenters. The number of carbonyl (C=O) groups excluding carboxylic acids is 3.